The van der Waals surface area contributed by atoms with Crippen LogP contribution in [0.1, 0.15) is 38.4 Å². The molecule has 2 rings (SSSR count). The second-order valence-electron chi connectivity index (χ2n) is 4.74. The van der Waals surface area contributed by atoms with E-state index in [9.17, 15) is 0 Å². The van der Waals surface area contributed by atoms with Crippen LogP contribution in [0.15, 0.2) is 35.4 Å². The Balaban J connectivity index is 2.02. The fourth-order valence-corrected chi connectivity index (χ4v) is 3.27. The van der Waals surface area contributed by atoms with Crippen molar-refractivity contribution in [3.05, 3.63) is 41.2 Å². The zero-order valence-electron chi connectivity index (χ0n) is 11.8. The Hall–Kier alpha value is -1.13. The lowest BCUT2D eigenvalue weighted by atomic mass is 10.2. The lowest BCUT2D eigenvalue weighted by Gasteiger charge is -2.12. The Labute approximate surface area is 129 Å². The van der Waals surface area contributed by atoms with Crippen LogP contribution in [0.5, 0.6) is 0 Å². The third-order valence-corrected chi connectivity index (χ3v) is 4.84. The van der Waals surface area contributed by atoms with Crippen LogP contribution in [0, 0.1) is 0 Å². The normalized spacial score (nSPS) is 11.2. The Morgan fingerprint density at radius 3 is 2.75 bits per heavy atom. The number of nitrogen functional groups attached to an aromatic ring is 1. The number of rotatable bonds is 6. The lowest BCUT2D eigenvalue weighted by Crippen LogP contribution is -2.07. The van der Waals surface area contributed by atoms with Crippen LogP contribution in [0.25, 0.3) is 0 Å². The van der Waals surface area contributed by atoms with E-state index in [0.29, 0.717) is 6.04 Å². The molecular weight excluding hydrogens is 290 g/mol. The van der Waals surface area contributed by atoms with Crippen molar-refractivity contribution in [3.8, 4) is 0 Å². The van der Waals surface area contributed by atoms with Gasteiger partial charge in [-0.1, -0.05) is 25.4 Å². The number of aromatic nitrogens is 2. The van der Waals surface area contributed by atoms with Gasteiger partial charge in [-0.3, -0.25) is 4.68 Å². The highest BCUT2D eigenvalue weighted by molar-refractivity contribution is 7.98. The van der Waals surface area contributed by atoms with Gasteiger partial charge in [0, 0.05) is 22.5 Å². The summed E-state index contributed by atoms with van der Waals surface area (Å²) in [6, 6.07) is 8.12. The number of hydrogen-bond acceptors (Lipinski definition) is 3. The molecule has 108 valence electrons. The first-order valence-corrected chi connectivity index (χ1v) is 8.22. The first-order chi connectivity index (χ1) is 9.63. The molecule has 0 aliphatic heterocycles. The Morgan fingerprint density at radius 1 is 1.30 bits per heavy atom. The molecular formula is C15H20ClN3S. The Kier molecular flexibility index (Phi) is 5.38. The fourth-order valence-electron chi connectivity index (χ4n) is 2.10. The number of thioether (sulfide) groups is 1. The van der Waals surface area contributed by atoms with Gasteiger partial charge in [0.05, 0.1) is 16.8 Å². The SMILES string of the molecule is CCC(CC)n1ccc(CSc2cc(N)ccc2Cl)n1. The van der Waals surface area contributed by atoms with Gasteiger partial charge in [-0.25, -0.2) is 0 Å². The van der Waals surface area contributed by atoms with Gasteiger partial charge in [-0.15, -0.1) is 11.8 Å². The van der Waals surface area contributed by atoms with Crippen molar-refractivity contribution in [3.63, 3.8) is 0 Å². The number of anilines is 1. The van der Waals surface area contributed by atoms with Crippen molar-refractivity contribution in [1.29, 1.82) is 0 Å². The molecule has 0 saturated heterocycles. The molecule has 5 heteroatoms. The molecule has 3 nitrogen and oxygen atoms in total. The van der Waals surface area contributed by atoms with Crippen LogP contribution in [0.4, 0.5) is 5.69 Å². The van der Waals surface area contributed by atoms with Gasteiger partial charge in [-0.05, 0) is 37.1 Å². The summed E-state index contributed by atoms with van der Waals surface area (Å²) in [7, 11) is 0. The zero-order valence-corrected chi connectivity index (χ0v) is 13.4. The summed E-state index contributed by atoms with van der Waals surface area (Å²) in [6.45, 7) is 4.38. The van der Waals surface area contributed by atoms with Crippen molar-refractivity contribution >= 4 is 29.1 Å². The van der Waals surface area contributed by atoms with Crippen molar-refractivity contribution in [2.75, 3.05) is 5.73 Å². The minimum atomic E-state index is 0.490. The van der Waals surface area contributed by atoms with E-state index in [1.807, 2.05) is 18.2 Å². The van der Waals surface area contributed by atoms with E-state index < -0.39 is 0 Å². The summed E-state index contributed by atoms with van der Waals surface area (Å²) >= 11 is 7.83. The summed E-state index contributed by atoms with van der Waals surface area (Å²) in [4.78, 5) is 1.00. The predicted molar refractivity (Wildman–Crippen MR) is 87.3 cm³/mol. The van der Waals surface area contributed by atoms with Crippen LogP contribution in [0.3, 0.4) is 0 Å². The van der Waals surface area contributed by atoms with E-state index in [1.165, 1.54) is 0 Å². The van der Waals surface area contributed by atoms with Gasteiger partial charge in [-0.2, -0.15) is 5.10 Å². The monoisotopic (exact) mass is 309 g/mol. The summed E-state index contributed by atoms with van der Waals surface area (Å²) in [5.41, 5.74) is 7.59. The predicted octanol–water partition coefficient (Wildman–Crippen LogP) is 4.77. The molecule has 0 saturated carbocycles. The molecule has 0 bridgehead atoms. The van der Waals surface area contributed by atoms with Crippen LogP contribution in [0.2, 0.25) is 5.02 Å². The summed E-state index contributed by atoms with van der Waals surface area (Å²) < 4.78 is 2.07. The quantitative estimate of drug-likeness (QED) is 0.617. The standard InChI is InChI=1S/C15H20ClN3S/c1-3-13(4-2)19-8-7-12(18-19)10-20-15-9-11(17)5-6-14(15)16/h5-9,13H,3-4,10,17H2,1-2H3. The number of halogens is 1. The molecule has 0 radical (unpaired) electrons. The summed E-state index contributed by atoms with van der Waals surface area (Å²) in [5, 5.41) is 5.38. The third-order valence-electron chi connectivity index (χ3n) is 3.31. The lowest BCUT2D eigenvalue weighted by molar-refractivity contribution is 0.426. The van der Waals surface area contributed by atoms with Gasteiger partial charge in [0.25, 0.3) is 0 Å². The van der Waals surface area contributed by atoms with Crippen LogP contribution in [-0.2, 0) is 5.75 Å². The zero-order chi connectivity index (χ0) is 14.5. The molecule has 0 unspecified atom stereocenters. The smallest absolute Gasteiger partial charge is 0.0727 e. The molecule has 1 aromatic heterocycles. The second kappa shape index (κ2) is 7.04. The summed E-state index contributed by atoms with van der Waals surface area (Å²) in [5.74, 6) is 0.802. The number of nitrogens with two attached hydrogens (primary N) is 1. The molecule has 0 amide bonds. The highest BCUT2D eigenvalue weighted by Gasteiger charge is 2.09. The van der Waals surface area contributed by atoms with Crippen molar-refractivity contribution in [2.24, 2.45) is 0 Å². The van der Waals surface area contributed by atoms with Crippen molar-refractivity contribution < 1.29 is 0 Å². The maximum Gasteiger partial charge on any atom is 0.0727 e. The molecule has 0 fully saturated rings. The first-order valence-electron chi connectivity index (χ1n) is 6.85. The van der Waals surface area contributed by atoms with Gasteiger partial charge >= 0.3 is 0 Å². The molecule has 2 aromatic rings. The number of nitrogens with zero attached hydrogens (tertiary/aromatic N) is 2. The largest absolute Gasteiger partial charge is 0.399 e. The molecule has 0 spiro atoms. The molecule has 0 aliphatic rings. The van der Waals surface area contributed by atoms with Gasteiger partial charge in [0.2, 0.25) is 0 Å². The van der Waals surface area contributed by atoms with Crippen LogP contribution >= 0.6 is 23.4 Å². The molecule has 20 heavy (non-hydrogen) atoms. The average Bonchev–Trinajstić information content (AvgIpc) is 2.90. The highest BCUT2D eigenvalue weighted by Crippen LogP contribution is 2.31. The average molecular weight is 310 g/mol. The minimum absolute atomic E-state index is 0.490. The summed E-state index contributed by atoms with van der Waals surface area (Å²) in [6.07, 6.45) is 4.27. The molecule has 0 atom stereocenters. The third kappa shape index (κ3) is 3.70. The Bertz CT molecular complexity index is 564. The molecule has 1 heterocycles. The van der Waals surface area contributed by atoms with Crippen molar-refractivity contribution in [1.82, 2.24) is 9.78 Å². The van der Waals surface area contributed by atoms with Crippen LogP contribution < -0.4 is 5.73 Å². The first kappa shape index (κ1) is 15.3. The number of benzene rings is 1. The maximum absolute atomic E-state index is 6.16. The van der Waals surface area contributed by atoms with Crippen LogP contribution in [-0.4, -0.2) is 9.78 Å². The minimum Gasteiger partial charge on any atom is -0.399 e. The van der Waals surface area contributed by atoms with E-state index in [-0.39, 0.29) is 0 Å². The van der Waals surface area contributed by atoms with Gasteiger partial charge in [0.15, 0.2) is 0 Å². The number of hydrogen-bond donors (Lipinski definition) is 1. The topological polar surface area (TPSA) is 43.8 Å². The van der Waals surface area contributed by atoms with E-state index in [4.69, 9.17) is 17.3 Å². The van der Waals surface area contributed by atoms with Gasteiger partial charge in [0.1, 0.15) is 0 Å². The van der Waals surface area contributed by atoms with E-state index in [0.717, 1.165) is 39.9 Å². The van der Waals surface area contributed by atoms with E-state index in [2.05, 4.69) is 35.9 Å². The molecule has 1 aromatic carbocycles. The maximum atomic E-state index is 6.16. The second-order valence-corrected chi connectivity index (χ2v) is 6.16. The van der Waals surface area contributed by atoms with Gasteiger partial charge < -0.3 is 5.73 Å². The van der Waals surface area contributed by atoms with E-state index in [1.54, 1.807) is 11.8 Å². The molecule has 2 N–H and O–H groups in total. The van der Waals surface area contributed by atoms with Crippen molar-refractivity contribution in [2.45, 2.75) is 43.4 Å². The Morgan fingerprint density at radius 2 is 2.05 bits per heavy atom. The van der Waals surface area contributed by atoms with E-state index >= 15 is 0 Å². The highest BCUT2D eigenvalue weighted by atomic mass is 35.5. The fraction of sp³-hybridized carbons (Fsp3) is 0.400. The molecule has 0 aliphatic carbocycles.